The van der Waals surface area contributed by atoms with Gasteiger partial charge in [-0.3, -0.25) is 9.59 Å². The zero-order valence-electron chi connectivity index (χ0n) is 11.6. The van der Waals surface area contributed by atoms with E-state index in [2.05, 4.69) is 10.6 Å². The highest BCUT2D eigenvalue weighted by molar-refractivity contribution is 5.96. The summed E-state index contributed by atoms with van der Waals surface area (Å²) < 4.78 is 13.0. The second-order valence-electron chi connectivity index (χ2n) is 5.10. The van der Waals surface area contributed by atoms with Crippen molar-refractivity contribution in [1.29, 1.82) is 0 Å². The van der Waals surface area contributed by atoms with Crippen molar-refractivity contribution >= 4 is 11.8 Å². The van der Waals surface area contributed by atoms with E-state index in [1.807, 2.05) is 0 Å². The molecule has 0 aliphatic heterocycles. The Bertz CT molecular complexity index is 489. The lowest BCUT2D eigenvalue weighted by Crippen LogP contribution is -2.48. The molecule has 0 bridgehead atoms. The van der Waals surface area contributed by atoms with Crippen LogP contribution in [-0.2, 0) is 4.79 Å². The summed E-state index contributed by atoms with van der Waals surface area (Å²) in [5, 5.41) is 13.9. The molecule has 6 heteroatoms. The van der Waals surface area contributed by atoms with Crippen LogP contribution in [0.5, 0.6) is 0 Å². The first-order chi connectivity index (χ1) is 9.34. The van der Waals surface area contributed by atoms with Crippen LogP contribution < -0.4 is 10.6 Å². The van der Waals surface area contributed by atoms with E-state index in [0.29, 0.717) is 6.42 Å². The molecule has 3 N–H and O–H groups in total. The first kappa shape index (κ1) is 16.1. The van der Waals surface area contributed by atoms with Gasteiger partial charge in [0.05, 0.1) is 6.54 Å². The summed E-state index contributed by atoms with van der Waals surface area (Å²) in [6, 6.07) is 5.23. The van der Waals surface area contributed by atoms with Gasteiger partial charge in [0.1, 0.15) is 5.82 Å². The van der Waals surface area contributed by atoms with Gasteiger partial charge in [0.15, 0.2) is 0 Å². The summed E-state index contributed by atoms with van der Waals surface area (Å²) in [4.78, 5) is 23.3. The molecule has 0 aromatic heterocycles. The topological polar surface area (TPSA) is 78.4 Å². The lowest BCUT2D eigenvalue weighted by atomic mass is 10.0. The van der Waals surface area contributed by atoms with E-state index in [1.54, 1.807) is 13.8 Å². The first-order valence-corrected chi connectivity index (χ1v) is 6.30. The van der Waals surface area contributed by atoms with Crippen molar-refractivity contribution in [3.05, 3.63) is 35.6 Å². The molecule has 0 heterocycles. The van der Waals surface area contributed by atoms with Gasteiger partial charge >= 0.3 is 0 Å². The number of aliphatic hydroxyl groups excluding tert-OH is 1. The van der Waals surface area contributed by atoms with Crippen LogP contribution in [-0.4, -0.2) is 35.6 Å². The molecule has 1 aromatic carbocycles. The van der Waals surface area contributed by atoms with Crippen LogP contribution in [0.4, 0.5) is 4.39 Å². The first-order valence-electron chi connectivity index (χ1n) is 6.30. The SMILES string of the molecule is CC(C)(CCO)NC(=O)CNC(=O)c1cccc(F)c1. The number of nitrogens with one attached hydrogen (secondary N) is 2. The maximum atomic E-state index is 13.0. The Morgan fingerprint density at radius 2 is 2.05 bits per heavy atom. The molecule has 5 nitrogen and oxygen atoms in total. The third-order valence-corrected chi connectivity index (χ3v) is 2.71. The van der Waals surface area contributed by atoms with Gasteiger partial charge in [0.25, 0.3) is 5.91 Å². The van der Waals surface area contributed by atoms with Crippen LogP contribution in [0.2, 0.25) is 0 Å². The fourth-order valence-corrected chi connectivity index (χ4v) is 1.66. The molecule has 0 spiro atoms. The van der Waals surface area contributed by atoms with Gasteiger partial charge in [0, 0.05) is 17.7 Å². The Morgan fingerprint density at radius 1 is 1.35 bits per heavy atom. The van der Waals surface area contributed by atoms with Gasteiger partial charge in [-0.25, -0.2) is 4.39 Å². The fraction of sp³-hybridized carbons (Fsp3) is 0.429. The van der Waals surface area contributed by atoms with Crippen LogP contribution >= 0.6 is 0 Å². The summed E-state index contributed by atoms with van der Waals surface area (Å²) in [6.45, 7) is 3.30. The number of amides is 2. The quantitative estimate of drug-likeness (QED) is 0.723. The van der Waals surface area contributed by atoms with Crippen molar-refractivity contribution in [2.75, 3.05) is 13.2 Å². The molecule has 110 valence electrons. The molecule has 2 amide bonds. The largest absolute Gasteiger partial charge is 0.396 e. The van der Waals surface area contributed by atoms with E-state index in [4.69, 9.17) is 5.11 Å². The van der Waals surface area contributed by atoms with E-state index in [9.17, 15) is 14.0 Å². The second kappa shape index (κ2) is 7.00. The standard InChI is InChI=1S/C14H19FN2O3/c1-14(2,6-7-18)17-12(19)9-16-13(20)10-4-3-5-11(15)8-10/h3-5,8,18H,6-7,9H2,1-2H3,(H,16,20)(H,17,19). The Labute approximate surface area is 117 Å². The number of hydrogen-bond acceptors (Lipinski definition) is 3. The van der Waals surface area contributed by atoms with E-state index < -0.39 is 17.3 Å². The number of benzene rings is 1. The van der Waals surface area contributed by atoms with Crippen molar-refractivity contribution in [2.45, 2.75) is 25.8 Å². The monoisotopic (exact) mass is 282 g/mol. The molecule has 0 unspecified atom stereocenters. The Kier molecular flexibility index (Phi) is 5.64. The third kappa shape index (κ3) is 5.36. The number of hydrogen-bond donors (Lipinski definition) is 3. The van der Waals surface area contributed by atoms with Crippen molar-refractivity contribution in [3.63, 3.8) is 0 Å². The third-order valence-electron chi connectivity index (χ3n) is 2.71. The van der Waals surface area contributed by atoms with Gasteiger partial charge in [-0.15, -0.1) is 0 Å². The van der Waals surface area contributed by atoms with Gasteiger partial charge in [-0.05, 0) is 38.5 Å². The molecule has 1 rings (SSSR count). The highest BCUT2D eigenvalue weighted by atomic mass is 19.1. The van der Waals surface area contributed by atoms with Crippen molar-refractivity contribution < 1.29 is 19.1 Å². The molecule has 0 aliphatic rings. The van der Waals surface area contributed by atoms with Crippen molar-refractivity contribution in [3.8, 4) is 0 Å². The molecule has 0 saturated carbocycles. The maximum absolute atomic E-state index is 13.0. The lowest BCUT2D eigenvalue weighted by Gasteiger charge is -2.25. The number of rotatable bonds is 6. The Morgan fingerprint density at radius 3 is 2.65 bits per heavy atom. The van der Waals surface area contributed by atoms with Crippen LogP contribution in [0.15, 0.2) is 24.3 Å². The highest BCUT2D eigenvalue weighted by Crippen LogP contribution is 2.06. The molecule has 0 aliphatic carbocycles. The molecule has 0 atom stereocenters. The Balaban J connectivity index is 2.47. The van der Waals surface area contributed by atoms with Crippen molar-refractivity contribution in [2.24, 2.45) is 0 Å². The maximum Gasteiger partial charge on any atom is 0.251 e. The summed E-state index contributed by atoms with van der Waals surface area (Å²) in [5.74, 6) is -1.39. The smallest absolute Gasteiger partial charge is 0.251 e. The summed E-state index contributed by atoms with van der Waals surface area (Å²) in [6.07, 6.45) is 0.413. The van der Waals surface area contributed by atoms with E-state index in [0.717, 1.165) is 6.07 Å². The average molecular weight is 282 g/mol. The van der Waals surface area contributed by atoms with E-state index >= 15 is 0 Å². The number of carbonyl (C=O) groups is 2. The molecule has 0 radical (unpaired) electrons. The predicted octanol–water partition coefficient (Wildman–Crippen LogP) is 0.833. The molecule has 0 saturated heterocycles. The highest BCUT2D eigenvalue weighted by Gasteiger charge is 2.19. The molecule has 1 aromatic rings. The van der Waals surface area contributed by atoms with E-state index in [-0.39, 0.29) is 24.6 Å². The summed E-state index contributed by atoms with van der Waals surface area (Å²) >= 11 is 0. The normalized spacial score (nSPS) is 11.0. The van der Waals surface area contributed by atoms with Gasteiger partial charge < -0.3 is 15.7 Å². The summed E-state index contributed by atoms with van der Waals surface area (Å²) in [5.41, 5.74) is -0.387. The van der Waals surface area contributed by atoms with Gasteiger partial charge in [-0.2, -0.15) is 0 Å². The van der Waals surface area contributed by atoms with Crippen LogP contribution in [0.3, 0.4) is 0 Å². The predicted molar refractivity (Wildman–Crippen MR) is 72.7 cm³/mol. The fourth-order valence-electron chi connectivity index (χ4n) is 1.66. The van der Waals surface area contributed by atoms with Crippen LogP contribution in [0.25, 0.3) is 0 Å². The lowest BCUT2D eigenvalue weighted by molar-refractivity contribution is -0.121. The zero-order valence-corrected chi connectivity index (χ0v) is 11.6. The van der Waals surface area contributed by atoms with Crippen LogP contribution in [0, 0.1) is 5.82 Å². The number of aliphatic hydroxyl groups is 1. The Hall–Kier alpha value is -1.95. The van der Waals surface area contributed by atoms with Gasteiger partial charge in [-0.1, -0.05) is 6.07 Å². The minimum absolute atomic E-state index is 0.0388. The molecule has 20 heavy (non-hydrogen) atoms. The molecule has 0 fully saturated rings. The van der Waals surface area contributed by atoms with Crippen molar-refractivity contribution in [1.82, 2.24) is 10.6 Å². The molecular weight excluding hydrogens is 263 g/mol. The van der Waals surface area contributed by atoms with Gasteiger partial charge in [0.2, 0.25) is 5.91 Å². The minimum Gasteiger partial charge on any atom is -0.396 e. The summed E-state index contributed by atoms with van der Waals surface area (Å²) in [7, 11) is 0. The number of carbonyl (C=O) groups excluding carboxylic acids is 2. The zero-order chi connectivity index (χ0) is 15.2. The van der Waals surface area contributed by atoms with Crippen LogP contribution in [0.1, 0.15) is 30.6 Å². The number of halogens is 1. The molecular formula is C14H19FN2O3. The second-order valence-corrected chi connectivity index (χ2v) is 5.10. The average Bonchev–Trinajstić information content (AvgIpc) is 2.35. The van der Waals surface area contributed by atoms with E-state index in [1.165, 1.54) is 18.2 Å². The minimum atomic E-state index is -0.546.